The molecule has 0 fully saturated rings. The van der Waals surface area contributed by atoms with E-state index in [2.05, 4.69) is 0 Å². The van der Waals surface area contributed by atoms with E-state index in [1.807, 2.05) is 0 Å². The van der Waals surface area contributed by atoms with Crippen molar-refractivity contribution in [3.63, 3.8) is 0 Å². The number of nitrogens with zero attached hydrogens (tertiary/aromatic N) is 1. The van der Waals surface area contributed by atoms with Gasteiger partial charge < -0.3 is 9.84 Å². The molecule has 1 N–H and O–H groups in total. The van der Waals surface area contributed by atoms with Gasteiger partial charge >= 0.3 is 12.1 Å². The molecular weight excluding hydrogens is 495 g/mol. The van der Waals surface area contributed by atoms with Crippen molar-refractivity contribution in [1.82, 2.24) is 4.31 Å². The van der Waals surface area contributed by atoms with Crippen molar-refractivity contribution in [1.29, 1.82) is 0 Å². The Labute approximate surface area is 201 Å². The first-order chi connectivity index (χ1) is 15.8. The highest BCUT2D eigenvalue weighted by atomic mass is 35.5. The van der Waals surface area contributed by atoms with Gasteiger partial charge in [0.25, 0.3) is 0 Å². The van der Waals surface area contributed by atoms with Gasteiger partial charge in [0, 0.05) is 19.2 Å². The van der Waals surface area contributed by atoms with Gasteiger partial charge in [0.2, 0.25) is 10.0 Å². The molecule has 0 saturated carbocycles. The first-order valence-electron chi connectivity index (χ1n) is 9.88. The molecule has 0 aromatic heterocycles. The average molecular weight is 518 g/mol. The van der Waals surface area contributed by atoms with Crippen LogP contribution in [0.25, 0.3) is 5.57 Å². The molecular formula is C23H23ClF3NO5S. The molecule has 0 atom stereocenters. The Morgan fingerprint density at radius 1 is 1.21 bits per heavy atom. The number of carbonyl (C=O) groups is 1. The standard InChI is InChI=1S/C23H23ClF3NO5S/c1-4-17(23(25,26)27)11-15(2)18-12-16(9-10-20(18)33-14-22(29)30)13-28(3)34(31,32)21-8-6-5-7-19(21)24/h4-12H,13-14H2,1-3H3,(H,29,30). The Balaban J connectivity index is 2.47. The zero-order chi connectivity index (χ0) is 25.7. The largest absolute Gasteiger partial charge is 0.481 e. The van der Waals surface area contributed by atoms with Crippen LogP contribution in [0.15, 0.2) is 65.1 Å². The summed E-state index contributed by atoms with van der Waals surface area (Å²) in [5.74, 6) is -1.21. The maximum atomic E-state index is 13.2. The van der Waals surface area contributed by atoms with Gasteiger partial charge in [-0.25, -0.2) is 13.2 Å². The first-order valence-corrected chi connectivity index (χ1v) is 11.7. The molecule has 0 heterocycles. The number of hydrogen-bond donors (Lipinski definition) is 1. The van der Waals surface area contributed by atoms with Crippen LogP contribution in [0.5, 0.6) is 5.75 Å². The van der Waals surface area contributed by atoms with E-state index in [-0.39, 0.29) is 33.3 Å². The van der Waals surface area contributed by atoms with Gasteiger partial charge in [-0.05, 0) is 55.3 Å². The zero-order valence-electron chi connectivity index (χ0n) is 18.6. The van der Waals surface area contributed by atoms with E-state index in [1.54, 1.807) is 6.07 Å². The number of aliphatic carboxylic acids is 1. The minimum absolute atomic E-state index is 0.0501. The van der Waals surface area contributed by atoms with Gasteiger partial charge in [-0.2, -0.15) is 17.5 Å². The molecule has 0 aliphatic rings. The van der Waals surface area contributed by atoms with Crippen LogP contribution in [-0.4, -0.2) is 43.6 Å². The first kappa shape index (κ1) is 27.4. The molecule has 0 spiro atoms. The second-order valence-electron chi connectivity index (χ2n) is 7.27. The predicted octanol–water partition coefficient (Wildman–Crippen LogP) is 5.54. The van der Waals surface area contributed by atoms with E-state index in [4.69, 9.17) is 21.4 Å². The van der Waals surface area contributed by atoms with Gasteiger partial charge in [-0.3, -0.25) is 0 Å². The molecule has 2 aromatic carbocycles. The minimum Gasteiger partial charge on any atom is -0.481 e. The summed E-state index contributed by atoms with van der Waals surface area (Å²) < 4.78 is 71.8. The number of sulfonamides is 1. The number of hydrogen-bond acceptors (Lipinski definition) is 4. The summed E-state index contributed by atoms with van der Waals surface area (Å²) in [7, 11) is -2.61. The third-order valence-electron chi connectivity index (χ3n) is 4.76. The lowest BCUT2D eigenvalue weighted by Crippen LogP contribution is -2.26. The number of alkyl halides is 3. The molecule has 6 nitrogen and oxygen atoms in total. The molecule has 11 heteroatoms. The maximum absolute atomic E-state index is 13.2. The molecule has 0 aliphatic carbocycles. The number of rotatable bonds is 9. The zero-order valence-corrected chi connectivity index (χ0v) is 20.1. The van der Waals surface area contributed by atoms with Gasteiger partial charge in [0.05, 0.1) is 10.6 Å². The number of carboxylic acids is 1. The molecule has 2 rings (SSSR count). The highest BCUT2D eigenvalue weighted by Gasteiger charge is 2.31. The Hall–Kier alpha value is -2.82. The quantitative estimate of drug-likeness (QED) is 0.442. The van der Waals surface area contributed by atoms with Crippen LogP contribution in [0.2, 0.25) is 5.02 Å². The maximum Gasteiger partial charge on any atom is 0.416 e. The van der Waals surface area contributed by atoms with E-state index in [9.17, 15) is 26.4 Å². The van der Waals surface area contributed by atoms with Crippen molar-refractivity contribution in [2.75, 3.05) is 13.7 Å². The molecule has 0 radical (unpaired) electrons. The van der Waals surface area contributed by atoms with Crippen LogP contribution >= 0.6 is 11.6 Å². The summed E-state index contributed by atoms with van der Waals surface area (Å²) in [4.78, 5) is 10.8. The fourth-order valence-corrected chi connectivity index (χ4v) is 4.70. The second kappa shape index (κ2) is 11.1. The van der Waals surface area contributed by atoms with E-state index >= 15 is 0 Å². The summed E-state index contributed by atoms with van der Waals surface area (Å²) >= 11 is 6.03. The lowest BCUT2D eigenvalue weighted by atomic mass is 10.0. The Morgan fingerprint density at radius 2 is 1.85 bits per heavy atom. The molecule has 0 amide bonds. The predicted molar refractivity (Wildman–Crippen MR) is 123 cm³/mol. The van der Waals surface area contributed by atoms with Crippen LogP contribution in [0.4, 0.5) is 13.2 Å². The average Bonchev–Trinajstić information content (AvgIpc) is 2.75. The second-order valence-corrected chi connectivity index (χ2v) is 9.69. The van der Waals surface area contributed by atoms with Crippen LogP contribution in [0.1, 0.15) is 25.0 Å². The van der Waals surface area contributed by atoms with E-state index in [0.717, 1.165) is 16.5 Å². The smallest absolute Gasteiger partial charge is 0.416 e. The minimum atomic E-state index is -4.58. The van der Waals surface area contributed by atoms with Crippen LogP contribution < -0.4 is 4.74 Å². The van der Waals surface area contributed by atoms with Crippen LogP contribution in [0, 0.1) is 0 Å². The van der Waals surface area contributed by atoms with Crippen molar-refractivity contribution in [2.24, 2.45) is 0 Å². The fourth-order valence-electron chi connectivity index (χ4n) is 3.05. The van der Waals surface area contributed by atoms with Gasteiger partial charge in [-0.15, -0.1) is 0 Å². The highest BCUT2D eigenvalue weighted by molar-refractivity contribution is 7.89. The summed E-state index contributed by atoms with van der Waals surface area (Å²) in [5.41, 5.74) is -0.0919. The summed E-state index contributed by atoms with van der Waals surface area (Å²) in [6.45, 7) is 1.85. The number of carboxylic acid groups (broad SMARTS) is 1. The Morgan fingerprint density at radius 3 is 2.41 bits per heavy atom. The molecule has 0 unspecified atom stereocenters. The summed E-state index contributed by atoms with van der Waals surface area (Å²) in [6.07, 6.45) is -2.76. The van der Waals surface area contributed by atoms with Crippen molar-refractivity contribution in [2.45, 2.75) is 31.5 Å². The number of halogens is 4. The molecule has 2 aromatic rings. The lowest BCUT2D eigenvalue weighted by molar-refractivity contribution is -0.139. The van der Waals surface area contributed by atoms with Crippen molar-refractivity contribution in [3.05, 3.63) is 76.3 Å². The third kappa shape index (κ3) is 6.85. The Kier molecular flexibility index (Phi) is 8.93. The van der Waals surface area contributed by atoms with Gasteiger partial charge in [0.1, 0.15) is 10.6 Å². The molecule has 34 heavy (non-hydrogen) atoms. The normalized spacial score (nSPS) is 13.3. The third-order valence-corrected chi connectivity index (χ3v) is 7.06. The van der Waals surface area contributed by atoms with Crippen molar-refractivity contribution >= 4 is 33.2 Å². The molecule has 184 valence electrons. The van der Waals surface area contributed by atoms with Gasteiger partial charge in [0.15, 0.2) is 6.61 Å². The Bertz CT molecular complexity index is 1220. The lowest BCUT2D eigenvalue weighted by Gasteiger charge is -2.19. The number of ether oxygens (including phenoxy) is 1. The van der Waals surface area contributed by atoms with E-state index in [1.165, 1.54) is 57.3 Å². The fraction of sp³-hybridized carbons (Fsp3) is 0.261. The van der Waals surface area contributed by atoms with Crippen LogP contribution in [0.3, 0.4) is 0 Å². The molecule has 0 saturated heterocycles. The number of benzene rings is 2. The topological polar surface area (TPSA) is 83.9 Å². The molecule has 0 bridgehead atoms. The van der Waals surface area contributed by atoms with Gasteiger partial charge in [-0.1, -0.05) is 35.9 Å². The van der Waals surface area contributed by atoms with Crippen molar-refractivity contribution < 1.29 is 36.2 Å². The van der Waals surface area contributed by atoms with E-state index in [0.29, 0.717) is 5.56 Å². The van der Waals surface area contributed by atoms with Crippen molar-refractivity contribution in [3.8, 4) is 5.75 Å². The molecule has 0 aliphatic heterocycles. The summed E-state index contributed by atoms with van der Waals surface area (Å²) in [5, 5.41) is 8.96. The van der Waals surface area contributed by atoms with Crippen LogP contribution in [-0.2, 0) is 21.4 Å². The number of allylic oxidation sites excluding steroid dienone is 4. The highest BCUT2D eigenvalue weighted by Crippen LogP contribution is 2.33. The monoisotopic (exact) mass is 517 g/mol. The SMILES string of the molecule is CC=C(C=C(C)c1cc(CN(C)S(=O)(=O)c2ccccc2Cl)ccc1OCC(=O)O)C(F)(F)F. The van der Waals surface area contributed by atoms with E-state index < -0.39 is 34.3 Å². The summed E-state index contributed by atoms with van der Waals surface area (Å²) in [6, 6.07) is 10.3.